The van der Waals surface area contributed by atoms with Crippen LogP contribution in [0.25, 0.3) is 0 Å². The third kappa shape index (κ3) is 4.40. The van der Waals surface area contributed by atoms with Crippen LogP contribution in [0.2, 0.25) is 0 Å². The van der Waals surface area contributed by atoms with E-state index in [2.05, 4.69) is 11.4 Å². The molecule has 0 amide bonds. The van der Waals surface area contributed by atoms with Gasteiger partial charge in [-0.15, -0.1) is 0 Å². The molecule has 1 N–H and O–H groups in total. The molecule has 1 aliphatic rings. The van der Waals surface area contributed by atoms with E-state index >= 15 is 0 Å². The largest absolute Gasteiger partial charge is 0.490 e. The van der Waals surface area contributed by atoms with Gasteiger partial charge in [0.05, 0.1) is 6.61 Å². The van der Waals surface area contributed by atoms with Gasteiger partial charge in [0.1, 0.15) is 0 Å². The van der Waals surface area contributed by atoms with Crippen LogP contribution in [0.15, 0.2) is 18.2 Å². The second-order valence-electron chi connectivity index (χ2n) is 4.59. The van der Waals surface area contributed by atoms with Gasteiger partial charge in [-0.25, -0.2) is 0 Å². The van der Waals surface area contributed by atoms with Gasteiger partial charge in [0, 0.05) is 24.8 Å². The molecule has 1 saturated carbocycles. The van der Waals surface area contributed by atoms with Gasteiger partial charge >= 0.3 is 0 Å². The minimum absolute atomic E-state index is 0.261. The van der Waals surface area contributed by atoms with Crippen LogP contribution in [-0.4, -0.2) is 26.0 Å². The van der Waals surface area contributed by atoms with Crippen LogP contribution in [-0.2, 0) is 11.3 Å². The highest BCUT2D eigenvalue weighted by Crippen LogP contribution is 2.32. The zero-order valence-corrected chi connectivity index (χ0v) is 11.8. The van der Waals surface area contributed by atoms with Crippen LogP contribution in [0.5, 0.6) is 11.5 Å². The Labute approximate surface area is 115 Å². The van der Waals surface area contributed by atoms with Crippen molar-refractivity contribution in [2.24, 2.45) is 0 Å². The molecule has 1 fully saturated rings. The van der Waals surface area contributed by atoms with E-state index in [-0.39, 0.29) is 6.79 Å². The van der Waals surface area contributed by atoms with E-state index in [1.165, 1.54) is 12.8 Å². The van der Waals surface area contributed by atoms with Crippen LogP contribution >= 0.6 is 0 Å². The third-order valence-electron chi connectivity index (χ3n) is 3.01. The normalized spacial score (nSPS) is 14.4. The van der Waals surface area contributed by atoms with E-state index in [0.717, 1.165) is 23.6 Å². The van der Waals surface area contributed by atoms with Gasteiger partial charge in [0.15, 0.2) is 18.3 Å². The van der Waals surface area contributed by atoms with Crippen LogP contribution in [0.4, 0.5) is 0 Å². The highest BCUT2D eigenvalue weighted by atomic mass is 16.7. The molecule has 1 aliphatic carbocycles. The highest BCUT2D eigenvalue weighted by molar-refractivity contribution is 5.46. The molecule has 0 atom stereocenters. The fraction of sp³-hybridized carbons (Fsp3) is 0.600. The van der Waals surface area contributed by atoms with Crippen molar-refractivity contribution in [3.8, 4) is 11.5 Å². The van der Waals surface area contributed by atoms with Crippen molar-refractivity contribution in [1.82, 2.24) is 5.32 Å². The lowest BCUT2D eigenvalue weighted by atomic mass is 10.2. The Morgan fingerprint density at radius 3 is 2.68 bits per heavy atom. The quantitative estimate of drug-likeness (QED) is 0.550. The SMILES string of the molecule is CCOCOc1c(CNC2CC2)cccc1OCC. The summed E-state index contributed by atoms with van der Waals surface area (Å²) in [7, 11) is 0. The number of rotatable bonds is 9. The monoisotopic (exact) mass is 265 g/mol. The Kier molecular flexibility index (Phi) is 5.48. The summed E-state index contributed by atoms with van der Waals surface area (Å²) in [6.07, 6.45) is 2.56. The Hall–Kier alpha value is -1.26. The first kappa shape index (κ1) is 14.2. The molecule has 2 rings (SSSR count). The number of hydrogen-bond donors (Lipinski definition) is 1. The maximum atomic E-state index is 5.73. The van der Waals surface area contributed by atoms with E-state index in [1.54, 1.807) is 0 Å². The Bertz CT molecular complexity index is 391. The molecule has 0 bridgehead atoms. The fourth-order valence-electron chi connectivity index (χ4n) is 1.86. The highest BCUT2D eigenvalue weighted by Gasteiger charge is 2.21. The molecule has 4 nitrogen and oxygen atoms in total. The van der Waals surface area contributed by atoms with Crippen molar-refractivity contribution in [3.63, 3.8) is 0 Å². The molecular formula is C15H23NO3. The lowest BCUT2D eigenvalue weighted by Gasteiger charge is -2.16. The average Bonchev–Trinajstić information content (AvgIpc) is 3.23. The molecule has 0 aliphatic heterocycles. The van der Waals surface area contributed by atoms with Crippen LogP contribution in [0, 0.1) is 0 Å². The topological polar surface area (TPSA) is 39.7 Å². The van der Waals surface area contributed by atoms with Gasteiger partial charge in [0.2, 0.25) is 0 Å². The standard InChI is InChI=1S/C15H23NO3/c1-3-17-11-19-15-12(10-16-13-8-9-13)6-5-7-14(15)18-4-2/h5-7,13,16H,3-4,8-11H2,1-2H3. The van der Waals surface area contributed by atoms with Gasteiger partial charge in [-0.2, -0.15) is 0 Å². The van der Waals surface area contributed by atoms with E-state index in [0.29, 0.717) is 19.3 Å². The first-order chi connectivity index (χ1) is 9.35. The van der Waals surface area contributed by atoms with Gasteiger partial charge in [0.25, 0.3) is 0 Å². The predicted molar refractivity (Wildman–Crippen MR) is 74.6 cm³/mol. The molecule has 4 heteroatoms. The first-order valence-corrected chi connectivity index (χ1v) is 7.03. The number of ether oxygens (including phenoxy) is 3. The number of benzene rings is 1. The lowest BCUT2D eigenvalue weighted by molar-refractivity contribution is 0.0199. The zero-order chi connectivity index (χ0) is 13.5. The van der Waals surface area contributed by atoms with Crippen LogP contribution in [0.1, 0.15) is 32.3 Å². The number of nitrogens with one attached hydrogen (secondary N) is 1. The summed E-state index contributed by atoms with van der Waals surface area (Å²) in [5, 5.41) is 3.50. The molecule has 0 unspecified atom stereocenters. The second kappa shape index (κ2) is 7.36. The molecule has 1 aromatic rings. The molecular weight excluding hydrogens is 242 g/mol. The van der Waals surface area contributed by atoms with Crippen molar-refractivity contribution in [2.75, 3.05) is 20.0 Å². The van der Waals surface area contributed by atoms with Crippen LogP contribution < -0.4 is 14.8 Å². The fourth-order valence-corrected chi connectivity index (χ4v) is 1.86. The lowest BCUT2D eigenvalue weighted by Crippen LogP contribution is -2.17. The van der Waals surface area contributed by atoms with Crippen molar-refractivity contribution >= 4 is 0 Å². The number of para-hydroxylation sites is 1. The third-order valence-corrected chi connectivity index (χ3v) is 3.01. The maximum Gasteiger partial charge on any atom is 0.189 e. The summed E-state index contributed by atoms with van der Waals surface area (Å²) < 4.78 is 16.6. The van der Waals surface area contributed by atoms with Crippen molar-refractivity contribution in [2.45, 2.75) is 39.3 Å². The predicted octanol–water partition coefficient (Wildman–Crippen LogP) is 2.71. The smallest absolute Gasteiger partial charge is 0.189 e. The summed E-state index contributed by atoms with van der Waals surface area (Å²) in [6, 6.07) is 6.68. The van der Waals surface area contributed by atoms with Gasteiger partial charge in [-0.1, -0.05) is 12.1 Å². The molecule has 0 aromatic heterocycles. The van der Waals surface area contributed by atoms with Crippen molar-refractivity contribution in [1.29, 1.82) is 0 Å². The molecule has 19 heavy (non-hydrogen) atoms. The summed E-state index contributed by atoms with van der Waals surface area (Å²) >= 11 is 0. The average molecular weight is 265 g/mol. The van der Waals surface area contributed by atoms with Gasteiger partial charge in [-0.05, 0) is 32.8 Å². The summed E-state index contributed by atoms with van der Waals surface area (Å²) in [6.45, 7) is 6.27. The van der Waals surface area contributed by atoms with Crippen molar-refractivity contribution in [3.05, 3.63) is 23.8 Å². The van der Waals surface area contributed by atoms with E-state index in [9.17, 15) is 0 Å². The Morgan fingerprint density at radius 1 is 1.16 bits per heavy atom. The van der Waals surface area contributed by atoms with E-state index in [1.807, 2.05) is 26.0 Å². The Balaban J connectivity index is 2.05. The minimum atomic E-state index is 0.261. The minimum Gasteiger partial charge on any atom is -0.490 e. The molecule has 1 aromatic carbocycles. The molecule has 0 radical (unpaired) electrons. The van der Waals surface area contributed by atoms with Gasteiger partial charge < -0.3 is 19.5 Å². The summed E-state index contributed by atoms with van der Waals surface area (Å²) in [4.78, 5) is 0. The van der Waals surface area contributed by atoms with Crippen molar-refractivity contribution < 1.29 is 14.2 Å². The Morgan fingerprint density at radius 2 is 2.00 bits per heavy atom. The maximum absolute atomic E-state index is 5.73. The zero-order valence-electron chi connectivity index (χ0n) is 11.8. The number of hydrogen-bond acceptors (Lipinski definition) is 4. The second-order valence-corrected chi connectivity index (χ2v) is 4.59. The summed E-state index contributed by atoms with van der Waals surface area (Å²) in [5.74, 6) is 1.59. The summed E-state index contributed by atoms with van der Waals surface area (Å²) in [5.41, 5.74) is 1.12. The molecule has 0 saturated heterocycles. The van der Waals surface area contributed by atoms with E-state index < -0.39 is 0 Å². The van der Waals surface area contributed by atoms with Gasteiger partial charge in [-0.3, -0.25) is 0 Å². The molecule has 0 heterocycles. The van der Waals surface area contributed by atoms with Crippen LogP contribution in [0.3, 0.4) is 0 Å². The first-order valence-electron chi connectivity index (χ1n) is 7.03. The molecule has 106 valence electrons. The molecule has 0 spiro atoms. The van der Waals surface area contributed by atoms with E-state index in [4.69, 9.17) is 14.2 Å².